The predicted molar refractivity (Wildman–Crippen MR) is 95.7 cm³/mol. The molecular weight excluding hydrogens is 318 g/mol. The van der Waals surface area contributed by atoms with Crippen molar-refractivity contribution in [3.8, 4) is 0 Å². The molecule has 2 aliphatic rings. The number of hydrogen-bond acceptors (Lipinski definition) is 5. The number of aromatic nitrogens is 1. The van der Waals surface area contributed by atoms with Crippen LogP contribution in [0.4, 0.5) is 5.69 Å². The smallest absolute Gasteiger partial charge is 0.244 e. The molecule has 1 aromatic heterocycles. The molecule has 1 saturated carbocycles. The third kappa shape index (κ3) is 3.70. The van der Waals surface area contributed by atoms with Gasteiger partial charge in [0.1, 0.15) is 11.6 Å². The SMILES string of the molecule is CCCCN1CCOCC1C(=O)Nc1ccc2nc(C3CC3)oc2c1. The zero-order chi connectivity index (χ0) is 17.2. The van der Waals surface area contributed by atoms with Crippen LogP contribution in [0.15, 0.2) is 22.6 Å². The summed E-state index contributed by atoms with van der Waals surface area (Å²) in [5, 5.41) is 3.02. The van der Waals surface area contributed by atoms with Gasteiger partial charge in [0.15, 0.2) is 11.5 Å². The van der Waals surface area contributed by atoms with Gasteiger partial charge in [0, 0.05) is 24.2 Å². The lowest BCUT2D eigenvalue weighted by Crippen LogP contribution is -2.52. The molecule has 1 N–H and O–H groups in total. The van der Waals surface area contributed by atoms with E-state index < -0.39 is 0 Å². The molecule has 6 heteroatoms. The molecule has 0 bridgehead atoms. The van der Waals surface area contributed by atoms with Crippen LogP contribution >= 0.6 is 0 Å². The second kappa shape index (κ2) is 7.14. The fraction of sp³-hybridized carbons (Fsp3) is 0.579. The first kappa shape index (κ1) is 16.5. The van der Waals surface area contributed by atoms with Gasteiger partial charge in [0.05, 0.1) is 13.2 Å². The maximum absolute atomic E-state index is 12.7. The van der Waals surface area contributed by atoms with Crippen molar-refractivity contribution in [2.45, 2.75) is 44.6 Å². The molecule has 6 nitrogen and oxygen atoms in total. The van der Waals surface area contributed by atoms with Gasteiger partial charge >= 0.3 is 0 Å². The van der Waals surface area contributed by atoms with E-state index in [0.717, 1.165) is 61.5 Å². The summed E-state index contributed by atoms with van der Waals surface area (Å²) in [7, 11) is 0. The lowest BCUT2D eigenvalue weighted by molar-refractivity contribution is -0.127. The van der Waals surface area contributed by atoms with Gasteiger partial charge in [-0.3, -0.25) is 9.69 Å². The number of nitrogens with one attached hydrogen (secondary N) is 1. The average Bonchev–Trinajstić information content (AvgIpc) is 3.39. The van der Waals surface area contributed by atoms with Crippen molar-refractivity contribution in [1.29, 1.82) is 0 Å². The molecule has 1 aromatic carbocycles. The van der Waals surface area contributed by atoms with Gasteiger partial charge in [0.2, 0.25) is 5.91 Å². The minimum absolute atomic E-state index is 0.0166. The third-order valence-electron chi connectivity index (χ3n) is 4.94. The summed E-state index contributed by atoms with van der Waals surface area (Å²) < 4.78 is 11.4. The molecule has 134 valence electrons. The molecule has 2 heterocycles. The number of unbranched alkanes of at least 4 members (excludes halogenated alkanes) is 1. The largest absolute Gasteiger partial charge is 0.440 e. The topological polar surface area (TPSA) is 67.6 Å². The lowest BCUT2D eigenvalue weighted by Gasteiger charge is -2.34. The van der Waals surface area contributed by atoms with E-state index in [-0.39, 0.29) is 11.9 Å². The molecule has 2 fully saturated rings. The first-order valence-electron chi connectivity index (χ1n) is 9.27. The molecule has 1 unspecified atom stereocenters. The van der Waals surface area contributed by atoms with Gasteiger partial charge in [-0.25, -0.2) is 4.98 Å². The first-order valence-corrected chi connectivity index (χ1v) is 9.27. The highest BCUT2D eigenvalue weighted by molar-refractivity contribution is 5.96. The van der Waals surface area contributed by atoms with E-state index in [0.29, 0.717) is 19.1 Å². The Labute approximate surface area is 147 Å². The quantitative estimate of drug-likeness (QED) is 0.873. The molecule has 1 aliphatic carbocycles. The van der Waals surface area contributed by atoms with Gasteiger partial charge in [-0.05, 0) is 37.9 Å². The van der Waals surface area contributed by atoms with Crippen LogP contribution in [0.3, 0.4) is 0 Å². The fourth-order valence-corrected chi connectivity index (χ4v) is 3.26. The van der Waals surface area contributed by atoms with Crippen molar-refractivity contribution < 1.29 is 13.9 Å². The van der Waals surface area contributed by atoms with Crippen LogP contribution in [-0.2, 0) is 9.53 Å². The average molecular weight is 343 g/mol. The van der Waals surface area contributed by atoms with E-state index in [1.807, 2.05) is 18.2 Å². The van der Waals surface area contributed by atoms with Crippen LogP contribution in [0.1, 0.15) is 44.4 Å². The maximum Gasteiger partial charge on any atom is 0.244 e. The minimum atomic E-state index is -0.229. The Morgan fingerprint density at radius 3 is 3.08 bits per heavy atom. The summed E-state index contributed by atoms with van der Waals surface area (Å²) in [6, 6.07) is 5.44. The summed E-state index contributed by atoms with van der Waals surface area (Å²) in [6.45, 7) is 5.05. The number of anilines is 1. The normalized spacial score (nSPS) is 21.6. The molecule has 1 aliphatic heterocycles. The van der Waals surface area contributed by atoms with Crippen LogP contribution in [0.5, 0.6) is 0 Å². The van der Waals surface area contributed by atoms with Gasteiger partial charge in [-0.15, -0.1) is 0 Å². The van der Waals surface area contributed by atoms with Gasteiger partial charge in [0.25, 0.3) is 0 Å². The zero-order valence-electron chi connectivity index (χ0n) is 14.7. The molecule has 1 amide bonds. The number of fused-ring (bicyclic) bond motifs is 1. The van der Waals surface area contributed by atoms with Crippen LogP contribution in [0.25, 0.3) is 11.1 Å². The van der Waals surface area contributed by atoms with Gasteiger partial charge in [-0.1, -0.05) is 13.3 Å². The van der Waals surface area contributed by atoms with Crippen LogP contribution in [0, 0.1) is 0 Å². The monoisotopic (exact) mass is 343 g/mol. The molecule has 0 radical (unpaired) electrons. The summed E-state index contributed by atoms with van der Waals surface area (Å²) in [6.07, 6.45) is 4.53. The van der Waals surface area contributed by atoms with Gasteiger partial charge in [-0.2, -0.15) is 0 Å². The molecule has 2 aromatic rings. The Morgan fingerprint density at radius 1 is 1.40 bits per heavy atom. The number of nitrogens with zero attached hydrogens (tertiary/aromatic N) is 2. The number of ether oxygens (including phenoxy) is 1. The van der Waals surface area contributed by atoms with Gasteiger partial charge < -0.3 is 14.5 Å². The van der Waals surface area contributed by atoms with Crippen molar-refractivity contribution in [2.75, 3.05) is 31.6 Å². The Hall–Kier alpha value is -1.92. The highest BCUT2D eigenvalue weighted by Gasteiger charge is 2.30. The van der Waals surface area contributed by atoms with Crippen LogP contribution in [0.2, 0.25) is 0 Å². The van der Waals surface area contributed by atoms with E-state index >= 15 is 0 Å². The summed E-state index contributed by atoms with van der Waals surface area (Å²) in [5.74, 6) is 1.29. The lowest BCUT2D eigenvalue weighted by atomic mass is 10.1. The molecule has 1 saturated heterocycles. The Balaban J connectivity index is 1.46. The number of morpholine rings is 1. The number of rotatable bonds is 6. The fourth-order valence-electron chi connectivity index (χ4n) is 3.26. The first-order chi connectivity index (χ1) is 12.2. The van der Waals surface area contributed by atoms with E-state index in [4.69, 9.17) is 9.15 Å². The van der Waals surface area contributed by atoms with Crippen molar-refractivity contribution in [1.82, 2.24) is 9.88 Å². The summed E-state index contributed by atoms with van der Waals surface area (Å²) in [5.41, 5.74) is 2.34. The number of amides is 1. The molecule has 25 heavy (non-hydrogen) atoms. The van der Waals surface area contributed by atoms with Crippen LogP contribution in [-0.4, -0.2) is 48.1 Å². The second-order valence-corrected chi connectivity index (χ2v) is 6.98. The number of carbonyl (C=O) groups is 1. The third-order valence-corrected chi connectivity index (χ3v) is 4.94. The van der Waals surface area contributed by atoms with Crippen molar-refractivity contribution in [3.05, 3.63) is 24.1 Å². The van der Waals surface area contributed by atoms with Crippen LogP contribution < -0.4 is 5.32 Å². The minimum Gasteiger partial charge on any atom is -0.440 e. The molecule has 4 rings (SSSR count). The second-order valence-electron chi connectivity index (χ2n) is 6.98. The van der Waals surface area contributed by atoms with E-state index in [1.54, 1.807) is 0 Å². The Morgan fingerprint density at radius 2 is 2.28 bits per heavy atom. The van der Waals surface area contributed by atoms with E-state index in [9.17, 15) is 4.79 Å². The van der Waals surface area contributed by atoms with Crippen molar-refractivity contribution >= 4 is 22.7 Å². The summed E-state index contributed by atoms with van der Waals surface area (Å²) in [4.78, 5) is 19.5. The number of carbonyl (C=O) groups excluding carboxylic acids is 1. The number of hydrogen-bond donors (Lipinski definition) is 1. The maximum atomic E-state index is 12.7. The Kier molecular flexibility index (Phi) is 4.72. The van der Waals surface area contributed by atoms with E-state index in [2.05, 4.69) is 22.1 Å². The molecule has 1 atom stereocenters. The molecule has 0 spiro atoms. The van der Waals surface area contributed by atoms with E-state index in [1.165, 1.54) is 0 Å². The predicted octanol–water partition coefficient (Wildman–Crippen LogP) is 3.14. The van der Waals surface area contributed by atoms with Crippen molar-refractivity contribution in [2.24, 2.45) is 0 Å². The summed E-state index contributed by atoms with van der Waals surface area (Å²) >= 11 is 0. The number of benzene rings is 1. The Bertz CT molecular complexity index is 753. The standard InChI is InChI=1S/C19H25N3O3/c1-2-3-8-22-9-10-24-12-16(22)18(23)20-14-6-7-15-17(11-14)25-19(21-15)13-4-5-13/h6-7,11,13,16H,2-5,8-10,12H2,1H3,(H,20,23). The highest BCUT2D eigenvalue weighted by atomic mass is 16.5. The van der Waals surface area contributed by atoms with Crippen molar-refractivity contribution in [3.63, 3.8) is 0 Å². The zero-order valence-corrected chi connectivity index (χ0v) is 14.7. The number of oxazole rings is 1. The highest BCUT2D eigenvalue weighted by Crippen LogP contribution is 2.40. The molecular formula is C19H25N3O3.